The summed E-state index contributed by atoms with van der Waals surface area (Å²) < 4.78 is 0. The van der Waals surface area contributed by atoms with Gasteiger partial charge in [-0.2, -0.15) is 0 Å². The van der Waals surface area contributed by atoms with Crippen LogP contribution in [0.5, 0.6) is 0 Å². The molecular weight excluding hydrogens is 191 g/mol. The summed E-state index contributed by atoms with van der Waals surface area (Å²) in [5.41, 5.74) is 5.67. The monoisotopic (exact) mass is 217 g/mol. The summed E-state index contributed by atoms with van der Waals surface area (Å²) >= 11 is 0. The lowest BCUT2D eigenvalue weighted by Gasteiger charge is -2.12. The Bertz CT molecular complexity index is 285. The molecule has 0 aliphatic rings. The van der Waals surface area contributed by atoms with Crippen molar-refractivity contribution in [3.63, 3.8) is 0 Å². The maximum Gasteiger partial charge on any atom is 0.148 e. The highest BCUT2D eigenvalue weighted by Gasteiger charge is 2.04. The predicted octanol–water partition coefficient (Wildman–Crippen LogP) is 5.12. The van der Waals surface area contributed by atoms with Crippen molar-refractivity contribution in [2.45, 2.75) is 60.7 Å². The minimum absolute atomic E-state index is 1.19. The SMILES string of the molecule is C[B]C(=C(C)C)/C(=C\C=C(C)C)CCCC. The fourth-order valence-electron chi connectivity index (χ4n) is 1.74. The fourth-order valence-corrected chi connectivity index (χ4v) is 1.74. The molecule has 0 heterocycles. The molecule has 0 aromatic carbocycles. The summed E-state index contributed by atoms with van der Waals surface area (Å²) in [4.78, 5) is 0. The zero-order valence-electron chi connectivity index (χ0n) is 11.9. The van der Waals surface area contributed by atoms with Crippen molar-refractivity contribution in [2.24, 2.45) is 0 Å². The molecule has 0 spiro atoms. The summed E-state index contributed by atoms with van der Waals surface area (Å²) in [5, 5.41) is 0. The first-order valence-electron chi connectivity index (χ1n) is 6.34. The summed E-state index contributed by atoms with van der Waals surface area (Å²) in [5.74, 6) is 0. The lowest BCUT2D eigenvalue weighted by molar-refractivity contribution is 0.794. The number of rotatable bonds is 6. The molecule has 0 fully saturated rings. The van der Waals surface area contributed by atoms with E-state index in [2.05, 4.69) is 60.9 Å². The van der Waals surface area contributed by atoms with Gasteiger partial charge in [-0.05, 0) is 40.5 Å². The van der Waals surface area contributed by atoms with Crippen molar-refractivity contribution in [1.82, 2.24) is 0 Å². The third-order valence-electron chi connectivity index (χ3n) is 2.59. The van der Waals surface area contributed by atoms with Crippen molar-refractivity contribution < 1.29 is 0 Å². The molecule has 0 aromatic heterocycles. The van der Waals surface area contributed by atoms with E-state index in [4.69, 9.17) is 0 Å². The van der Waals surface area contributed by atoms with Crippen LogP contribution in [0.1, 0.15) is 53.9 Å². The molecule has 0 aliphatic heterocycles. The second kappa shape index (κ2) is 8.44. The number of unbranched alkanes of at least 4 members (excludes halogenated alkanes) is 1. The summed E-state index contributed by atoms with van der Waals surface area (Å²) in [6.07, 6.45) is 8.22. The average molecular weight is 217 g/mol. The molecule has 1 radical (unpaired) electrons. The van der Waals surface area contributed by atoms with Gasteiger partial charge in [0.25, 0.3) is 0 Å². The highest BCUT2D eigenvalue weighted by molar-refractivity contribution is 6.45. The Hall–Kier alpha value is -0.715. The molecule has 0 amide bonds. The molecule has 89 valence electrons. The largest absolute Gasteiger partial charge is 0.148 e. The van der Waals surface area contributed by atoms with E-state index < -0.39 is 0 Å². The van der Waals surface area contributed by atoms with Gasteiger partial charge in [-0.15, -0.1) is 0 Å². The molecule has 0 N–H and O–H groups in total. The van der Waals surface area contributed by atoms with Gasteiger partial charge in [-0.25, -0.2) is 0 Å². The minimum atomic E-state index is 1.19. The summed E-state index contributed by atoms with van der Waals surface area (Å²) in [6.45, 7) is 13.0. The molecule has 16 heavy (non-hydrogen) atoms. The average Bonchev–Trinajstić information content (AvgIpc) is 2.21. The highest BCUT2D eigenvalue weighted by atomic mass is 14.0. The minimum Gasteiger partial charge on any atom is -0.0872 e. The van der Waals surface area contributed by atoms with Crippen molar-refractivity contribution in [1.29, 1.82) is 0 Å². The van der Waals surface area contributed by atoms with Crippen LogP contribution in [0.2, 0.25) is 6.82 Å². The molecule has 0 atom stereocenters. The third-order valence-corrected chi connectivity index (χ3v) is 2.59. The molecule has 1 heteroatoms. The predicted molar refractivity (Wildman–Crippen MR) is 77.0 cm³/mol. The van der Waals surface area contributed by atoms with E-state index in [0.29, 0.717) is 0 Å². The van der Waals surface area contributed by atoms with Crippen LogP contribution in [0.3, 0.4) is 0 Å². The van der Waals surface area contributed by atoms with Gasteiger partial charge in [0.15, 0.2) is 0 Å². The topological polar surface area (TPSA) is 0 Å². The first kappa shape index (κ1) is 15.3. The van der Waals surface area contributed by atoms with Gasteiger partial charge in [0.1, 0.15) is 7.28 Å². The molecule has 0 aromatic rings. The Kier molecular flexibility index (Phi) is 8.06. The van der Waals surface area contributed by atoms with E-state index in [9.17, 15) is 0 Å². The molecule has 0 saturated carbocycles. The van der Waals surface area contributed by atoms with E-state index in [1.807, 2.05) is 0 Å². The van der Waals surface area contributed by atoms with Gasteiger partial charge in [0.2, 0.25) is 0 Å². The van der Waals surface area contributed by atoms with Crippen LogP contribution in [0.4, 0.5) is 0 Å². The molecule has 0 unspecified atom stereocenters. The van der Waals surface area contributed by atoms with Crippen LogP contribution in [0, 0.1) is 0 Å². The number of hydrogen-bond acceptors (Lipinski definition) is 0. The van der Waals surface area contributed by atoms with Crippen molar-refractivity contribution in [2.75, 3.05) is 0 Å². The zero-order chi connectivity index (χ0) is 12.6. The molecule has 0 aliphatic carbocycles. The first-order valence-corrected chi connectivity index (χ1v) is 6.34. The van der Waals surface area contributed by atoms with Crippen LogP contribution in [-0.2, 0) is 0 Å². The van der Waals surface area contributed by atoms with Crippen LogP contribution < -0.4 is 0 Å². The Balaban J connectivity index is 5.00. The van der Waals surface area contributed by atoms with E-state index in [1.165, 1.54) is 41.5 Å². The van der Waals surface area contributed by atoms with Gasteiger partial charge in [0, 0.05) is 0 Å². The number of hydrogen-bond donors (Lipinski definition) is 0. The Labute approximate surface area is 103 Å². The lowest BCUT2D eigenvalue weighted by Crippen LogP contribution is -1.99. The maximum atomic E-state index is 2.29. The van der Waals surface area contributed by atoms with Crippen molar-refractivity contribution >= 4 is 7.28 Å². The first-order chi connectivity index (χ1) is 7.52. The smallest absolute Gasteiger partial charge is 0.0872 e. The zero-order valence-corrected chi connectivity index (χ0v) is 11.9. The third kappa shape index (κ3) is 6.00. The Morgan fingerprint density at radius 1 is 1.06 bits per heavy atom. The summed E-state index contributed by atoms with van der Waals surface area (Å²) in [7, 11) is 2.23. The van der Waals surface area contributed by atoms with Gasteiger partial charge < -0.3 is 0 Å². The van der Waals surface area contributed by atoms with Gasteiger partial charge in [-0.3, -0.25) is 0 Å². The van der Waals surface area contributed by atoms with Gasteiger partial charge in [0.05, 0.1) is 0 Å². The van der Waals surface area contributed by atoms with Gasteiger partial charge in [-0.1, -0.05) is 54.5 Å². The van der Waals surface area contributed by atoms with Gasteiger partial charge >= 0.3 is 0 Å². The molecule has 0 rings (SSSR count). The van der Waals surface area contributed by atoms with E-state index in [1.54, 1.807) is 0 Å². The van der Waals surface area contributed by atoms with E-state index >= 15 is 0 Å². The quantitative estimate of drug-likeness (QED) is 0.428. The number of allylic oxidation sites excluding steroid dienone is 6. The second-order valence-electron chi connectivity index (χ2n) is 4.74. The second-order valence-corrected chi connectivity index (χ2v) is 4.74. The molecular formula is C15H26B. The normalized spacial score (nSPS) is 11.0. The Morgan fingerprint density at radius 3 is 2.06 bits per heavy atom. The fraction of sp³-hybridized carbons (Fsp3) is 0.600. The standard InChI is InChI=1S/C15H26B/c1-7-8-9-14(11-10-12(2)3)15(16-6)13(4)5/h10-11H,7-9H2,1-6H3/b14-11-. The van der Waals surface area contributed by atoms with E-state index in [0.717, 1.165) is 0 Å². The summed E-state index contributed by atoms with van der Waals surface area (Å²) in [6, 6.07) is 0. The molecule has 0 nitrogen and oxygen atoms in total. The van der Waals surface area contributed by atoms with Crippen LogP contribution in [0.25, 0.3) is 0 Å². The highest BCUT2D eigenvalue weighted by Crippen LogP contribution is 2.20. The maximum absolute atomic E-state index is 2.29. The van der Waals surface area contributed by atoms with Crippen molar-refractivity contribution in [3.8, 4) is 0 Å². The van der Waals surface area contributed by atoms with Crippen LogP contribution >= 0.6 is 0 Å². The van der Waals surface area contributed by atoms with Crippen LogP contribution in [-0.4, -0.2) is 7.28 Å². The van der Waals surface area contributed by atoms with Crippen molar-refractivity contribution in [3.05, 3.63) is 34.3 Å². The molecule has 0 saturated heterocycles. The lowest BCUT2D eigenvalue weighted by atomic mass is 9.66. The van der Waals surface area contributed by atoms with E-state index in [-0.39, 0.29) is 0 Å². The van der Waals surface area contributed by atoms with Crippen LogP contribution in [0.15, 0.2) is 34.3 Å². The molecule has 0 bridgehead atoms. The Morgan fingerprint density at radius 2 is 1.69 bits per heavy atom.